The van der Waals surface area contributed by atoms with E-state index >= 15 is 0 Å². The van der Waals surface area contributed by atoms with Crippen LogP contribution in [0.2, 0.25) is 0 Å². The molecule has 84 valence electrons. The van der Waals surface area contributed by atoms with Gasteiger partial charge in [-0.25, -0.2) is 4.79 Å². The average Bonchev–Trinajstić information content (AvgIpc) is 2.24. The quantitative estimate of drug-likeness (QED) is 0.623. The van der Waals surface area contributed by atoms with E-state index in [2.05, 4.69) is 11.8 Å². The molecule has 0 aliphatic carbocycles. The first kappa shape index (κ1) is 12.1. The Morgan fingerprint density at radius 1 is 1.50 bits per heavy atom. The molecule has 3 nitrogen and oxygen atoms in total. The maximum Gasteiger partial charge on any atom is 0.335 e. The Morgan fingerprint density at radius 3 is 2.81 bits per heavy atom. The van der Waals surface area contributed by atoms with Crippen molar-refractivity contribution in [2.75, 3.05) is 6.61 Å². The minimum absolute atomic E-state index is 0.306. The van der Waals surface area contributed by atoms with Gasteiger partial charge in [0, 0.05) is 6.42 Å². The van der Waals surface area contributed by atoms with E-state index in [1.807, 2.05) is 0 Å². The number of carboxylic acids is 1. The van der Waals surface area contributed by atoms with Crippen molar-refractivity contribution in [2.24, 2.45) is 0 Å². The van der Waals surface area contributed by atoms with Crippen LogP contribution in [0.25, 0.3) is 0 Å². The molecule has 0 saturated heterocycles. The van der Waals surface area contributed by atoms with Crippen molar-refractivity contribution in [3.8, 4) is 17.6 Å². The van der Waals surface area contributed by atoms with E-state index in [4.69, 9.17) is 9.84 Å². The smallest absolute Gasteiger partial charge is 0.335 e. The third-order valence-electron chi connectivity index (χ3n) is 2.10. The third-order valence-corrected chi connectivity index (χ3v) is 2.10. The summed E-state index contributed by atoms with van der Waals surface area (Å²) < 4.78 is 5.43. The fraction of sp³-hybridized carbons (Fsp3) is 0.308. The van der Waals surface area contributed by atoms with Gasteiger partial charge in [0.15, 0.2) is 0 Å². The summed E-state index contributed by atoms with van der Waals surface area (Å²) in [5, 5.41) is 8.84. The van der Waals surface area contributed by atoms with Gasteiger partial charge in [-0.3, -0.25) is 0 Å². The highest BCUT2D eigenvalue weighted by Crippen LogP contribution is 2.17. The third kappa shape index (κ3) is 3.32. The lowest BCUT2D eigenvalue weighted by Gasteiger charge is -2.06. The standard InChI is InChI=1S/C13H14O3/c1-3-4-5-8-16-11-6-7-12(13(14)15)10(2)9-11/h6-7,9H,5,8H2,1-2H3,(H,14,15). The van der Waals surface area contributed by atoms with Crippen LogP contribution in [-0.2, 0) is 0 Å². The minimum Gasteiger partial charge on any atom is -0.493 e. The molecule has 0 aliphatic heterocycles. The van der Waals surface area contributed by atoms with E-state index in [1.54, 1.807) is 32.0 Å². The van der Waals surface area contributed by atoms with Gasteiger partial charge >= 0.3 is 5.97 Å². The number of hydrogen-bond acceptors (Lipinski definition) is 2. The monoisotopic (exact) mass is 218 g/mol. The summed E-state index contributed by atoms with van der Waals surface area (Å²) in [4.78, 5) is 10.8. The van der Waals surface area contributed by atoms with Gasteiger partial charge in [0.25, 0.3) is 0 Å². The second-order valence-corrected chi connectivity index (χ2v) is 3.31. The fourth-order valence-electron chi connectivity index (χ4n) is 1.31. The van der Waals surface area contributed by atoms with Crippen molar-refractivity contribution >= 4 is 5.97 Å². The summed E-state index contributed by atoms with van der Waals surface area (Å²) in [6, 6.07) is 4.94. The van der Waals surface area contributed by atoms with Crippen LogP contribution in [0.15, 0.2) is 18.2 Å². The summed E-state index contributed by atoms with van der Waals surface area (Å²) in [5.74, 6) is 5.44. The van der Waals surface area contributed by atoms with Crippen molar-refractivity contribution in [1.82, 2.24) is 0 Å². The highest BCUT2D eigenvalue weighted by atomic mass is 16.5. The first-order valence-corrected chi connectivity index (χ1v) is 5.01. The van der Waals surface area contributed by atoms with Gasteiger partial charge in [-0.1, -0.05) is 0 Å². The number of rotatable bonds is 4. The van der Waals surface area contributed by atoms with Gasteiger partial charge in [0.05, 0.1) is 12.2 Å². The molecule has 0 bridgehead atoms. The molecule has 3 heteroatoms. The molecule has 1 aromatic carbocycles. The molecule has 0 fully saturated rings. The number of benzene rings is 1. The molecule has 1 rings (SSSR count). The van der Waals surface area contributed by atoms with Crippen molar-refractivity contribution in [3.05, 3.63) is 29.3 Å². The molecular formula is C13H14O3. The number of carbonyl (C=O) groups is 1. The molecule has 0 unspecified atom stereocenters. The lowest BCUT2D eigenvalue weighted by atomic mass is 10.1. The summed E-state index contributed by atoms with van der Waals surface area (Å²) in [6.07, 6.45) is 0.677. The molecule has 0 atom stereocenters. The lowest BCUT2D eigenvalue weighted by molar-refractivity contribution is 0.0696. The summed E-state index contributed by atoms with van der Waals surface area (Å²) >= 11 is 0. The zero-order chi connectivity index (χ0) is 12.0. The predicted octanol–water partition coefficient (Wildman–Crippen LogP) is 2.49. The molecular weight excluding hydrogens is 204 g/mol. The van der Waals surface area contributed by atoms with Gasteiger partial charge in [0.1, 0.15) is 5.75 Å². The first-order chi connectivity index (χ1) is 7.65. The van der Waals surface area contributed by atoms with Gasteiger partial charge in [-0.2, -0.15) is 0 Å². The fourth-order valence-corrected chi connectivity index (χ4v) is 1.31. The van der Waals surface area contributed by atoms with Crippen molar-refractivity contribution in [1.29, 1.82) is 0 Å². The van der Waals surface area contributed by atoms with Crippen LogP contribution in [0.1, 0.15) is 29.3 Å². The average molecular weight is 218 g/mol. The van der Waals surface area contributed by atoms with E-state index in [1.165, 1.54) is 0 Å². The zero-order valence-corrected chi connectivity index (χ0v) is 9.41. The molecule has 0 heterocycles. The highest BCUT2D eigenvalue weighted by molar-refractivity contribution is 5.89. The van der Waals surface area contributed by atoms with Crippen LogP contribution in [0.4, 0.5) is 0 Å². The van der Waals surface area contributed by atoms with Gasteiger partial charge in [-0.05, 0) is 37.6 Å². The van der Waals surface area contributed by atoms with Crippen LogP contribution >= 0.6 is 0 Å². The zero-order valence-electron chi connectivity index (χ0n) is 9.41. The van der Waals surface area contributed by atoms with Gasteiger partial charge < -0.3 is 9.84 Å². The van der Waals surface area contributed by atoms with E-state index in [0.29, 0.717) is 29.9 Å². The van der Waals surface area contributed by atoms with Crippen LogP contribution in [0, 0.1) is 18.8 Å². The summed E-state index contributed by atoms with van der Waals surface area (Å²) in [6.45, 7) is 4.06. The molecule has 0 aliphatic rings. The number of carboxylic acid groups (broad SMARTS) is 1. The summed E-state index contributed by atoms with van der Waals surface area (Å²) in [7, 11) is 0. The van der Waals surface area contributed by atoms with E-state index in [-0.39, 0.29) is 0 Å². The van der Waals surface area contributed by atoms with Crippen molar-refractivity contribution in [2.45, 2.75) is 20.3 Å². The minimum atomic E-state index is -0.916. The molecule has 0 radical (unpaired) electrons. The maximum atomic E-state index is 10.8. The molecule has 1 aromatic rings. The number of aromatic carboxylic acids is 1. The normalized spacial score (nSPS) is 9.12. The second-order valence-electron chi connectivity index (χ2n) is 3.31. The molecule has 0 aromatic heterocycles. The molecule has 0 spiro atoms. The largest absolute Gasteiger partial charge is 0.493 e. The van der Waals surface area contributed by atoms with Crippen LogP contribution < -0.4 is 4.74 Å². The SMILES string of the molecule is CC#CCCOc1ccc(C(=O)O)c(C)c1. The van der Waals surface area contributed by atoms with Crippen LogP contribution in [-0.4, -0.2) is 17.7 Å². The molecule has 16 heavy (non-hydrogen) atoms. The number of ether oxygens (including phenoxy) is 1. The predicted molar refractivity (Wildman–Crippen MR) is 61.7 cm³/mol. The Bertz CT molecular complexity index is 438. The van der Waals surface area contributed by atoms with Crippen LogP contribution in [0.5, 0.6) is 5.75 Å². The van der Waals surface area contributed by atoms with Crippen molar-refractivity contribution < 1.29 is 14.6 Å². The Balaban J connectivity index is 2.65. The molecule has 1 N–H and O–H groups in total. The molecule has 0 saturated carbocycles. The number of hydrogen-bond donors (Lipinski definition) is 1. The Kier molecular flexibility index (Phi) is 4.41. The lowest BCUT2D eigenvalue weighted by Crippen LogP contribution is -2.01. The topological polar surface area (TPSA) is 46.5 Å². The van der Waals surface area contributed by atoms with Gasteiger partial charge in [-0.15, -0.1) is 11.8 Å². The number of aryl methyl sites for hydroxylation is 1. The first-order valence-electron chi connectivity index (χ1n) is 5.01. The molecule has 0 amide bonds. The van der Waals surface area contributed by atoms with Crippen molar-refractivity contribution in [3.63, 3.8) is 0 Å². The Hall–Kier alpha value is -1.95. The highest BCUT2D eigenvalue weighted by Gasteiger charge is 2.07. The van der Waals surface area contributed by atoms with Crippen LogP contribution in [0.3, 0.4) is 0 Å². The van der Waals surface area contributed by atoms with E-state index in [9.17, 15) is 4.79 Å². The van der Waals surface area contributed by atoms with E-state index in [0.717, 1.165) is 0 Å². The summed E-state index contributed by atoms with van der Waals surface area (Å²) in [5.41, 5.74) is 1.01. The Labute approximate surface area is 95.1 Å². The second kappa shape index (κ2) is 5.82. The van der Waals surface area contributed by atoms with E-state index < -0.39 is 5.97 Å². The van der Waals surface area contributed by atoms with Gasteiger partial charge in [0.2, 0.25) is 0 Å². The Morgan fingerprint density at radius 2 is 2.25 bits per heavy atom. The maximum absolute atomic E-state index is 10.8.